The van der Waals surface area contributed by atoms with Crippen LogP contribution in [0, 0.1) is 6.92 Å². The van der Waals surface area contributed by atoms with Crippen LogP contribution in [0.15, 0.2) is 139 Å². The number of rotatable bonds is 3. The minimum atomic E-state index is -0.162. The molecule has 4 bridgehead atoms. The molecule has 1 unspecified atom stereocenters. The first-order valence-corrected chi connectivity index (χ1v) is 18.3. The first kappa shape index (κ1) is 32.7. The summed E-state index contributed by atoms with van der Waals surface area (Å²) >= 11 is 0. The van der Waals surface area contributed by atoms with E-state index in [1.54, 1.807) is 0 Å². The summed E-state index contributed by atoms with van der Waals surface area (Å²) in [6, 6.07) is 36.9. The highest BCUT2D eigenvalue weighted by molar-refractivity contribution is 5.87. The van der Waals surface area contributed by atoms with E-state index in [1.165, 1.54) is 93.6 Å². The van der Waals surface area contributed by atoms with E-state index in [-0.39, 0.29) is 5.41 Å². The minimum Gasteiger partial charge on any atom is -0.0911 e. The van der Waals surface area contributed by atoms with Crippen molar-refractivity contribution >= 4 is 35.1 Å². The highest BCUT2D eigenvalue weighted by Gasteiger charge is 2.36. The van der Waals surface area contributed by atoms with Crippen LogP contribution in [0.3, 0.4) is 0 Å². The molecule has 0 amide bonds. The normalized spacial score (nSPS) is 17.6. The Morgan fingerprint density at radius 3 is 2.22 bits per heavy atom. The van der Waals surface area contributed by atoms with Crippen LogP contribution < -0.4 is 15.7 Å². The van der Waals surface area contributed by atoms with Gasteiger partial charge in [-0.1, -0.05) is 146 Å². The van der Waals surface area contributed by atoms with Crippen LogP contribution in [-0.4, -0.2) is 0 Å². The number of hydrogen-bond acceptors (Lipinski definition) is 0. The number of hydrogen-bond donors (Lipinski definition) is 0. The molecule has 0 aromatic heterocycles. The van der Waals surface area contributed by atoms with Crippen molar-refractivity contribution in [2.75, 3.05) is 0 Å². The van der Waals surface area contributed by atoms with Gasteiger partial charge in [0, 0.05) is 11.3 Å². The van der Waals surface area contributed by atoms with Crippen molar-refractivity contribution in [2.24, 2.45) is 0 Å². The van der Waals surface area contributed by atoms with Gasteiger partial charge >= 0.3 is 0 Å². The SMILES string of the molecule is C=c1cc(-c2ccc3c(c2)C(C)(C)c2cc(C4=c5ccc6c(c5)C(C=C(C)C=6)C/C=C/C(C)=C4)ccc2-3)ccc(C)cc2ccc(/C=C/C)c1c2. The van der Waals surface area contributed by atoms with E-state index in [2.05, 4.69) is 188 Å². The molecule has 0 saturated heterocycles. The Kier molecular flexibility index (Phi) is 8.15. The van der Waals surface area contributed by atoms with E-state index < -0.39 is 0 Å². The molecule has 0 heterocycles. The van der Waals surface area contributed by atoms with Crippen molar-refractivity contribution in [1.82, 2.24) is 0 Å². The van der Waals surface area contributed by atoms with Gasteiger partial charge in [0.05, 0.1) is 0 Å². The summed E-state index contributed by atoms with van der Waals surface area (Å²) < 4.78 is 0. The van der Waals surface area contributed by atoms with Crippen LogP contribution in [0.4, 0.5) is 0 Å². The van der Waals surface area contributed by atoms with Gasteiger partial charge < -0.3 is 0 Å². The Bertz CT molecular complexity index is 2630. The smallest absolute Gasteiger partial charge is 0.0159 e. The summed E-state index contributed by atoms with van der Waals surface area (Å²) in [5.41, 5.74) is 16.6. The molecule has 8 rings (SSSR count). The molecule has 250 valence electrons. The van der Waals surface area contributed by atoms with Gasteiger partial charge in [0.2, 0.25) is 0 Å². The number of fused-ring (bicyclic) bond motifs is 6. The van der Waals surface area contributed by atoms with Crippen LogP contribution in [0.1, 0.15) is 80.3 Å². The zero-order valence-corrected chi connectivity index (χ0v) is 30.8. The molecule has 0 fully saturated rings. The second kappa shape index (κ2) is 12.7. The van der Waals surface area contributed by atoms with E-state index in [9.17, 15) is 0 Å². The zero-order valence-electron chi connectivity index (χ0n) is 30.8. The molecule has 0 heteroatoms. The predicted octanol–water partition coefficient (Wildman–Crippen LogP) is 11.3. The fraction of sp³-hybridized carbons (Fsp3) is 0.176. The lowest BCUT2D eigenvalue weighted by atomic mass is 9.80. The van der Waals surface area contributed by atoms with Gasteiger partial charge in [0.1, 0.15) is 0 Å². The minimum absolute atomic E-state index is 0.162. The second-order valence-electron chi connectivity index (χ2n) is 15.3. The summed E-state index contributed by atoms with van der Waals surface area (Å²) in [7, 11) is 0. The standard InChI is InChI=1S/C51H46/c1-8-10-37-16-14-36-23-33(3)13-15-38(27-35(5)46(37)28-36)39-19-21-44-45-22-20-43(31-50(45)51(6,7)49(44)30-39)47-26-32(2)11-9-12-40-24-34(4)25-41-17-18-42(47)29-48(40)41/h8-11,13-31,40H,5,12H2,1-4,6-7H3/b10-8+,11-9+,15-13?,32-26?,33-23?,38-27?,47-42?. The maximum atomic E-state index is 4.56. The number of benzene rings is 4. The largest absolute Gasteiger partial charge is 0.0911 e. The Morgan fingerprint density at radius 1 is 0.706 bits per heavy atom. The molecule has 3 aliphatic rings. The molecule has 51 heavy (non-hydrogen) atoms. The van der Waals surface area contributed by atoms with Crippen molar-refractivity contribution in [3.8, 4) is 22.3 Å². The fourth-order valence-electron chi connectivity index (χ4n) is 8.48. The first-order valence-electron chi connectivity index (χ1n) is 18.3. The molecule has 3 aliphatic carbocycles. The lowest BCUT2D eigenvalue weighted by Crippen LogP contribution is -2.22. The van der Waals surface area contributed by atoms with Gasteiger partial charge in [-0.15, -0.1) is 0 Å². The van der Waals surface area contributed by atoms with Crippen LogP contribution in [0.25, 0.3) is 57.3 Å². The van der Waals surface area contributed by atoms with Crippen molar-refractivity contribution in [3.05, 3.63) is 188 Å². The van der Waals surface area contributed by atoms with Crippen molar-refractivity contribution < 1.29 is 0 Å². The molecule has 5 aromatic rings. The number of allylic oxidation sites excluding steroid dienone is 7. The first-order chi connectivity index (χ1) is 24.6. The lowest BCUT2D eigenvalue weighted by molar-refractivity contribution is 0.660. The Balaban J connectivity index is 1.26. The summed E-state index contributed by atoms with van der Waals surface area (Å²) in [4.78, 5) is 0. The summed E-state index contributed by atoms with van der Waals surface area (Å²) in [5, 5.41) is 6.01. The Morgan fingerprint density at radius 2 is 1.43 bits per heavy atom. The van der Waals surface area contributed by atoms with Gasteiger partial charge in [0.15, 0.2) is 0 Å². The lowest BCUT2D eigenvalue weighted by Gasteiger charge is -2.23. The van der Waals surface area contributed by atoms with Gasteiger partial charge in [-0.05, 0) is 147 Å². The van der Waals surface area contributed by atoms with Crippen LogP contribution >= 0.6 is 0 Å². The monoisotopic (exact) mass is 658 g/mol. The third-order valence-electron chi connectivity index (χ3n) is 11.1. The number of aryl methyl sites for hydroxylation is 1. The topological polar surface area (TPSA) is 0 Å². The Labute approximate surface area is 303 Å². The average molecular weight is 659 g/mol. The average Bonchev–Trinajstić information content (AvgIpc) is 3.34. The molecule has 0 spiro atoms. The zero-order chi connectivity index (χ0) is 35.4. The van der Waals surface area contributed by atoms with Gasteiger partial charge in [-0.3, -0.25) is 0 Å². The second-order valence-corrected chi connectivity index (χ2v) is 15.3. The third-order valence-corrected chi connectivity index (χ3v) is 11.1. The fourth-order valence-corrected chi connectivity index (χ4v) is 8.48. The van der Waals surface area contributed by atoms with Crippen LogP contribution in [0.5, 0.6) is 0 Å². The highest BCUT2D eigenvalue weighted by atomic mass is 14.4. The molecule has 0 nitrogen and oxygen atoms in total. The van der Waals surface area contributed by atoms with E-state index in [0.29, 0.717) is 5.92 Å². The predicted molar refractivity (Wildman–Crippen MR) is 221 cm³/mol. The molecule has 0 aliphatic heterocycles. The van der Waals surface area contributed by atoms with Crippen LogP contribution in [0.2, 0.25) is 0 Å². The summed E-state index contributed by atoms with van der Waals surface area (Å²) in [5.74, 6) is 0.408. The van der Waals surface area contributed by atoms with E-state index in [1.807, 2.05) is 0 Å². The van der Waals surface area contributed by atoms with Crippen molar-refractivity contribution in [2.45, 2.75) is 59.3 Å². The third kappa shape index (κ3) is 5.93. The maximum absolute atomic E-state index is 4.56. The molecule has 0 radical (unpaired) electrons. The van der Waals surface area contributed by atoms with Crippen LogP contribution in [-0.2, 0) is 5.41 Å². The summed E-state index contributed by atoms with van der Waals surface area (Å²) in [6.45, 7) is 18.0. The van der Waals surface area contributed by atoms with E-state index >= 15 is 0 Å². The molecule has 0 N–H and O–H groups in total. The van der Waals surface area contributed by atoms with E-state index in [0.717, 1.165) is 11.6 Å². The quantitative estimate of drug-likeness (QED) is 0.181. The molecule has 5 aromatic carbocycles. The van der Waals surface area contributed by atoms with Gasteiger partial charge in [0.25, 0.3) is 0 Å². The van der Waals surface area contributed by atoms with E-state index in [4.69, 9.17) is 0 Å². The molecular weight excluding hydrogens is 613 g/mol. The highest BCUT2D eigenvalue weighted by Crippen LogP contribution is 2.50. The molecule has 1 atom stereocenters. The van der Waals surface area contributed by atoms with Crippen molar-refractivity contribution in [1.29, 1.82) is 0 Å². The van der Waals surface area contributed by atoms with Gasteiger partial charge in [-0.25, -0.2) is 0 Å². The maximum Gasteiger partial charge on any atom is 0.0159 e. The molecular formula is C51H46. The van der Waals surface area contributed by atoms with Gasteiger partial charge in [-0.2, -0.15) is 0 Å². The molecule has 0 saturated carbocycles. The Hall–Kier alpha value is -5.46. The van der Waals surface area contributed by atoms with Crippen molar-refractivity contribution in [3.63, 3.8) is 0 Å². The summed E-state index contributed by atoms with van der Waals surface area (Å²) in [6.07, 6.45) is 17.1.